The Morgan fingerprint density at radius 3 is 2.67 bits per heavy atom. The van der Waals surface area contributed by atoms with Crippen LogP contribution in [-0.4, -0.2) is 23.2 Å². The number of fused-ring (bicyclic) bond motifs is 2. The first-order valence-corrected chi connectivity index (χ1v) is 7.44. The quantitative estimate of drug-likeness (QED) is 0.872. The van der Waals surface area contributed by atoms with Gasteiger partial charge in [-0.15, -0.1) is 0 Å². The highest BCUT2D eigenvalue weighted by Gasteiger charge is 2.42. The van der Waals surface area contributed by atoms with E-state index in [4.69, 9.17) is 9.51 Å². The molecule has 2 saturated carbocycles. The maximum absolute atomic E-state index is 5.54. The molecule has 0 radical (unpaired) electrons. The number of hydrogen-bond acceptors (Lipinski definition) is 4. The van der Waals surface area contributed by atoms with Crippen LogP contribution in [0.1, 0.15) is 62.1 Å². The van der Waals surface area contributed by atoms with Crippen molar-refractivity contribution in [3.05, 3.63) is 11.7 Å². The minimum atomic E-state index is 0.492. The van der Waals surface area contributed by atoms with Crippen molar-refractivity contribution < 1.29 is 4.52 Å². The smallest absolute Gasteiger partial charge is 0.229 e. The van der Waals surface area contributed by atoms with Gasteiger partial charge in [-0.3, -0.25) is 0 Å². The van der Waals surface area contributed by atoms with Crippen LogP contribution < -0.4 is 5.32 Å². The Hall–Kier alpha value is -0.900. The molecule has 98 valence electrons. The molecule has 1 saturated heterocycles. The molecule has 1 aromatic heterocycles. The third-order valence-electron chi connectivity index (χ3n) is 5.22. The SMILES string of the molecule is C1CC(c2nc(C3CC4CCC3C4)no2)CCN1. The van der Waals surface area contributed by atoms with E-state index in [0.717, 1.165) is 49.5 Å². The first-order chi connectivity index (χ1) is 8.90. The highest BCUT2D eigenvalue weighted by molar-refractivity contribution is 5.07. The average Bonchev–Trinajstić information content (AvgIpc) is 3.15. The van der Waals surface area contributed by atoms with Gasteiger partial charge in [0, 0.05) is 11.8 Å². The minimum Gasteiger partial charge on any atom is -0.339 e. The fourth-order valence-corrected chi connectivity index (χ4v) is 4.19. The normalized spacial score (nSPS) is 36.3. The number of piperidine rings is 1. The second kappa shape index (κ2) is 4.34. The summed E-state index contributed by atoms with van der Waals surface area (Å²) in [5.74, 6) is 4.79. The lowest BCUT2D eigenvalue weighted by Gasteiger charge is -2.19. The summed E-state index contributed by atoms with van der Waals surface area (Å²) < 4.78 is 5.54. The molecule has 3 atom stereocenters. The summed E-state index contributed by atoms with van der Waals surface area (Å²) in [7, 11) is 0. The Morgan fingerprint density at radius 1 is 1.06 bits per heavy atom. The standard InChI is InChI=1S/C14H21N3O/c1-2-11-7-9(1)8-12(11)13-16-14(18-17-13)10-3-5-15-6-4-10/h9-12,15H,1-8H2. The molecular formula is C14H21N3O. The molecule has 0 spiro atoms. The van der Waals surface area contributed by atoms with Crippen molar-refractivity contribution in [1.82, 2.24) is 15.5 Å². The van der Waals surface area contributed by atoms with Crippen molar-refractivity contribution in [1.29, 1.82) is 0 Å². The van der Waals surface area contributed by atoms with E-state index in [0.29, 0.717) is 11.8 Å². The molecule has 3 unspecified atom stereocenters. The van der Waals surface area contributed by atoms with Gasteiger partial charge in [0.1, 0.15) is 0 Å². The number of aromatic nitrogens is 2. The van der Waals surface area contributed by atoms with Crippen LogP contribution in [0.4, 0.5) is 0 Å². The highest BCUT2D eigenvalue weighted by atomic mass is 16.5. The Bertz CT molecular complexity index is 424. The van der Waals surface area contributed by atoms with Crippen LogP contribution >= 0.6 is 0 Å². The molecule has 1 N–H and O–H groups in total. The van der Waals surface area contributed by atoms with Gasteiger partial charge in [0.05, 0.1) is 0 Å². The predicted octanol–water partition coefficient (Wildman–Crippen LogP) is 2.44. The van der Waals surface area contributed by atoms with Crippen molar-refractivity contribution in [3.63, 3.8) is 0 Å². The molecule has 0 amide bonds. The second-order valence-electron chi connectivity index (χ2n) is 6.30. The van der Waals surface area contributed by atoms with E-state index < -0.39 is 0 Å². The Kier molecular flexibility index (Phi) is 2.64. The van der Waals surface area contributed by atoms with Gasteiger partial charge in [-0.1, -0.05) is 11.6 Å². The molecule has 0 aromatic carbocycles. The molecule has 4 rings (SSSR count). The molecule has 4 nitrogen and oxygen atoms in total. The highest BCUT2D eigenvalue weighted by Crippen LogP contribution is 2.52. The van der Waals surface area contributed by atoms with Crippen molar-refractivity contribution in [3.8, 4) is 0 Å². The lowest BCUT2D eigenvalue weighted by atomic mass is 9.88. The van der Waals surface area contributed by atoms with Gasteiger partial charge in [0.15, 0.2) is 5.82 Å². The maximum atomic E-state index is 5.54. The van der Waals surface area contributed by atoms with E-state index in [1.165, 1.54) is 25.7 Å². The van der Waals surface area contributed by atoms with Gasteiger partial charge in [0.2, 0.25) is 5.89 Å². The Balaban J connectivity index is 1.51. The molecule has 2 bridgehead atoms. The first-order valence-electron chi connectivity index (χ1n) is 7.44. The lowest BCUT2D eigenvalue weighted by molar-refractivity contribution is 0.312. The van der Waals surface area contributed by atoms with Crippen LogP contribution in [0.3, 0.4) is 0 Å². The molecular weight excluding hydrogens is 226 g/mol. The summed E-state index contributed by atoms with van der Waals surface area (Å²) in [5.41, 5.74) is 0. The van der Waals surface area contributed by atoms with E-state index in [2.05, 4.69) is 10.5 Å². The third kappa shape index (κ3) is 1.78. The van der Waals surface area contributed by atoms with E-state index in [-0.39, 0.29) is 0 Å². The number of hydrogen-bond donors (Lipinski definition) is 1. The van der Waals surface area contributed by atoms with E-state index in [9.17, 15) is 0 Å². The fourth-order valence-electron chi connectivity index (χ4n) is 4.19. The molecule has 4 heteroatoms. The third-order valence-corrected chi connectivity index (χ3v) is 5.22. The Labute approximate surface area is 108 Å². The topological polar surface area (TPSA) is 51.0 Å². The second-order valence-corrected chi connectivity index (χ2v) is 6.30. The van der Waals surface area contributed by atoms with Crippen molar-refractivity contribution in [2.45, 2.75) is 50.4 Å². The molecule has 1 aliphatic heterocycles. The van der Waals surface area contributed by atoms with Crippen molar-refractivity contribution in [2.75, 3.05) is 13.1 Å². The van der Waals surface area contributed by atoms with Gasteiger partial charge in [-0.25, -0.2) is 0 Å². The summed E-state index contributed by atoms with van der Waals surface area (Å²) in [4.78, 5) is 4.73. The van der Waals surface area contributed by atoms with Gasteiger partial charge >= 0.3 is 0 Å². The van der Waals surface area contributed by atoms with Crippen LogP contribution in [0.5, 0.6) is 0 Å². The van der Waals surface area contributed by atoms with E-state index in [1.807, 2.05) is 0 Å². The molecule has 1 aromatic rings. The van der Waals surface area contributed by atoms with Crippen LogP contribution in [0.2, 0.25) is 0 Å². The van der Waals surface area contributed by atoms with Crippen LogP contribution in [0, 0.1) is 11.8 Å². The van der Waals surface area contributed by atoms with E-state index in [1.54, 1.807) is 0 Å². The van der Waals surface area contributed by atoms with Crippen LogP contribution in [0.15, 0.2) is 4.52 Å². The lowest BCUT2D eigenvalue weighted by Crippen LogP contribution is -2.26. The molecule has 18 heavy (non-hydrogen) atoms. The monoisotopic (exact) mass is 247 g/mol. The van der Waals surface area contributed by atoms with Gasteiger partial charge in [0.25, 0.3) is 0 Å². The summed E-state index contributed by atoms with van der Waals surface area (Å²) >= 11 is 0. The van der Waals surface area contributed by atoms with E-state index >= 15 is 0 Å². The number of nitrogens with one attached hydrogen (secondary N) is 1. The average molecular weight is 247 g/mol. The largest absolute Gasteiger partial charge is 0.339 e. The van der Waals surface area contributed by atoms with Gasteiger partial charge in [-0.05, 0) is 57.0 Å². The predicted molar refractivity (Wildman–Crippen MR) is 67.3 cm³/mol. The zero-order valence-electron chi connectivity index (χ0n) is 10.8. The summed E-state index contributed by atoms with van der Waals surface area (Å²) in [6.07, 6.45) is 7.79. The molecule has 2 aliphatic carbocycles. The van der Waals surface area contributed by atoms with Gasteiger partial charge in [-0.2, -0.15) is 4.98 Å². The van der Waals surface area contributed by atoms with Crippen LogP contribution in [-0.2, 0) is 0 Å². The Morgan fingerprint density at radius 2 is 1.94 bits per heavy atom. The molecule has 2 heterocycles. The summed E-state index contributed by atoms with van der Waals surface area (Å²) in [6.45, 7) is 2.16. The molecule has 3 fully saturated rings. The molecule has 3 aliphatic rings. The zero-order valence-corrected chi connectivity index (χ0v) is 10.8. The minimum absolute atomic E-state index is 0.492. The van der Waals surface area contributed by atoms with Crippen molar-refractivity contribution >= 4 is 0 Å². The fraction of sp³-hybridized carbons (Fsp3) is 0.857. The van der Waals surface area contributed by atoms with Gasteiger partial charge < -0.3 is 9.84 Å². The number of rotatable bonds is 2. The van der Waals surface area contributed by atoms with Crippen molar-refractivity contribution in [2.24, 2.45) is 11.8 Å². The summed E-state index contributed by atoms with van der Waals surface area (Å²) in [5, 5.41) is 7.66. The maximum Gasteiger partial charge on any atom is 0.229 e. The van der Waals surface area contributed by atoms with Crippen LogP contribution in [0.25, 0.3) is 0 Å². The number of nitrogens with zero attached hydrogens (tertiary/aromatic N) is 2. The summed E-state index contributed by atoms with van der Waals surface area (Å²) in [6, 6.07) is 0. The zero-order chi connectivity index (χ0) is 11.9. The first kappa shape index (κ1) is 11.0.